The minimum atomic E-state index is -3.64. The number of nitrogens with one attached hydrogen (secondary N) is 1. The molecule has 1 amide bonds. The Bertz CT molecular complexity index is 733. The van der Waals surface area contributed by atoms with Crippen molar-refractivity contribution >= 4 is 50.9 Å². The highest BCUT2D eigenvalue weighted by molar-refractivity contribution is 8.00. The maximum atomic E-state index is 12.7. The van der Waals surface area contributed by atoms with Gasteiger partial charge in [-0.1, -0.05) is 29.3 Å². The average molecular weight is 411 g/mol. The molecule has 0 radical (unpaired) electrons. The van der Waals surface area contributed by atoms with Crippen LogP contribution in [0, 0.1) is 0 Å². The molecule has 9 heteroatoms. The first-order valence-electron chi connectivity index (χ1n) is 7.33. The maximum absolute atomic E-state index is 12.7. The van der Waals surface area contributed by atoms with Gasteiger partial charge in [0.1, 0.15) is 6.04 Å². The van der Waals surface area contributed by atoms with E-state index in [1.807, 2.05) is 20.8 Å². The van der Waals surface area contributed by atoms with Gasteiger partial charge in [0.05, 0.1) is 21.7 Å². The van der Waals surface area contributed by atoms with Gasteiger partial charge in [-0.25, -0.2) is 8.42 Å². The highest BCUT2D eigenvalue weighted by Crippen LogP contribution is 2.28. The summed E-state index contributed by atoms with van der Waals surface area (Å²) >= 11 is 13.2. The normalized spacial score (nSPS) is 19.5. The van der Waals surface area contributed by atoms with E-state index in [9.17, 15) is 13.2 Å². The summed E-state index contributed by atoms with van der Waals surface area (Å²) < 4.78 is 26.7. The van der Waals surface area contributed by atoms with E-state index in [1.54, 1.807) is 12.1 Å². The third kappa shape index (κ3) is 5.02. The molecule has 0 spiro atoms. The molecule has 5 nitrogen and oxygen atoms in total. The molecule has 0 saturated carbocycles. The Hall–Kier alpha value is -0.470. The maximum Gasteiger partial charge on any atom is 0.239 e. The number of rotatable bonds is 4. The van der Waals surface area contributed by atoms with Crippen molar-refractivity contribution in [2.75, 3.05) is 11.6 Å². The third-order valence-corrected chi connectivity index (χ3v) is 7.04. The summed E-state index contributed by atoms with van der Waals surface area (Å²) in [6.45, 7) is 5.59. The zero-order valence-electron chi connectivity index (χ0n) is 13.7. The molecule has 1 aromatic carbocycles. The minimum Gasteiger partial charge on any atom is -0.350 e. The van der Waals surface area contributed by atoms with Crippen LogP contribution in [0.2, 0.25) is 10.0 Å². The standard InChI is InChI=1S/C15H20Cl2N2O3S2/c1-15(2,3)18-14(20)13-7-23-9-19(13)24(21,22)8-10-4-5-11(16)12(17)6-10/h4-6,13H,7-9H2,1-3H3,(H,18,20). The lowest BCUT2D eigenvalue weighted by Crippen LogP contribution is -2.52. The number of thioether (sulfide) groups is 1. The molecule has 1 aliphatic rings. The molecule has 0 bridgehead atoms. The van der Waals surface area contributed by atoms with Crippen LogP contribution in [-0.2, 0) is 20.6 Å². The van der Waals surface area contributed by atoms with Gasteiger partial charge in [-0.15, -0.1) is 11.8 Å². The van der Waals surface area contributed by atoms with Gasteiger partial charge < -0.3 is 5.32 Å². The van der Waals surface area contributed by atoms with Crippen LogP contribution in [0.3, 0.4) is 0 Å². The Labute approximate surface area is 157 Å². The van der Waals surface area contributed by atoms with Crippen LogP contribution >= 0.6 is 35.0 Å². The Balaban J connectivity index is 2.17. The van der Waals surface area contributed by atoms with Gasteiger partial charge in [0.15, 0.2) is 0 Å². The van der Waals surface area contributed by atoms with Crippen LogP contribution in [-0.4, -0.2) is 41.8 Å². The number of sulfonamides is 1. The van der Waals surface area contributed by atoms with Gasteiger partial charge in [0, 0.05) is 11.3 Å². The number of hydrogen-bond acceptors (Lipinski definition) is 4. The highest BCUT2D eigenvalue weighted by atomic mass is 35.5. The van der Waals surface area contributed by atoms with Crippen molar-refractivity contribution in [1.29, 1.82) is 0 Å². The molecule has 1 aromatic rings. The number of halogens is 2. The summed E-state index contributed by atoms with van der Waals surface area (Å²) in [5.74, 6) is 0.225. The first kappa shape index (κ1) is 19.8. The monoisotopic (exact) mass is 410 g/mol. The number of carbonyl (C=O) groups is 1. The van der Waals surface area contributed by atoms with E-state index in [4.69, 9.17) is 23.2 Å². The lowest BCUT2D eigenvalue weighted by molar-refractivity contribution is -0.125. The highest BCUT2D eigenvalue weighted by Gasteiger charge is 2.40. The van der Waals surface area contributed by atoms with Crippen LogP contribution in [0.1, 0.15) is 26.3 Å². The molecule has 1 saturated heterocycles. The van der Waals surface area contributed by atoms with Crippen LogP contribution in [0.15, 0.2) is 18.2 Å². The fraction of sp³-hybridized carbons (Fsp3) is 0.533. The predicted molar refractivity (Wildman–Crippen MR) is 99.9 cm³/mol. The van der Waals surface area contributed by atoms with E-state index in [1.165, 1.54) is 22.1 Å². The average Bonchev–Trinajstić information content (AvgIpc) is 2.91. The van der Waals surface area contributed by atoms with Crippen molar-refractivity contribution in [3.8, 4) is 0 Å². The summed E-state index contributed by atoms with van der Waals surface area (Å²) in [6, 6.07) is 4.03. The van der Waals surface area contributed by atoms with Crippen molar-refractivity contribution in [3.05, 3.63) is 33.8 Å². The molecule has 1 aliphatic heterocycles. The molecular formula is C15H20Cl2N2O3S2. The number of hydrogen-bond donors (Lipinski definition) is 1. The molecular weight excluding hydrogens is 391 g/mol. The Kier molecular flexibility index (Phi) is 6.13. The molecule has 1 heterocycles. The van der Waals surface area contributed by atoms with Crippen LogP contribution < -0.4 is 5.32 Å². The second kappa shape index (κ2) is 7.41. The van der Waals surface area contributed by atoms with Crippen LogP contribution in [0.4, 0.5) is 0 Å². The summed E-state index contributed by atoms with van der Waals surface area (Å²) in [7, 11) is -3.64. The van der Waals surface area contributed by atoms with Gasteiger partial charge in [-0.2, -0.15) is 4.31 Å². The fourth-order valence-electron chi connectivity index (χ4n) is 2.28. The van der Waals surface area contributed by atoms with Crippen LogP contribution in [0.25, 0.3) is 0 Å². The summed E-state index contributed by atoms with van der Waals surface area (Å²) in [5.41, 5.74) is 0.125. The van der Waals surface area contributed by atoms with Gasteiger partial charge >= 0.3 is 0 Å². The van der Waals surface area contributed by atoms with Crippen molar-refractivity contribution in [2.24, 2.45) is 0 Å². The quantitative estimate of drug-likeness (QED) is 0.827. The van der Waals surface area contributed by atoms with Crippen molar-refractivity contribution in [1.82, 2.24) is 9.62 Å². The molecule has 134 valence electrons. The fourth-order valence-corrected chi connectivity index (χ4v) is 5.91. The SMILES string of the molecule is CC(C)(C)NC(=O)C1CSCN1S(=O)(=O)Cc1ccc(Cl)c(Cl)c1. The summed E-state index contributed by atoms with van der Waals surface area (Å²) in [6.07, 6.45) is 0. The minimum absolute atomic E-state index is 0.219. The van der Waals surface area contributed by atoms with Crippen molar-refractivity contribution < 1.29 is 13.2 Å². The third-order valence-electron chi connectivity index (χ3n) is 3.33. The lowest BCUT2D eigenvalue weighted by Gasteiger charge is -2.27. The van der Waals surface area contributed by atoms with E-state index < -0.39 is 21.6 Å². The first-order chi connectivity index (χ1) is 11.0. The molecule has 2 rings (SSSR count). The summed E-state index contributed by atoms with van der Waals surface area (Å²) in [5, 5.41) is 3.53. The molecule has 1 N–H and O–H groups in total. The van der Waals surface area contributed by atoms with Gasteiger partial charge in [0.25, 0.3) is 0 Å². The Morgan fingerprint density at radius 2 is 2.00 bits per heavy atom. The predicted octanol–water partition coefficient (Wildman–Crippen LogP) is 3.11. The largest absolute Gasteiger partial charge is 0.350 e. The number of benzene rings is 1. The zero-order chi connectivity index (χ0) is 18.1. The van der Waals surface area contributed by atoms with Gasteiger partial charge in [0.2, 0.25) is 15.9 Å². The van der Waals surface area contributed by atoms with E-state index in [2.05, 4.69) is 5.32 Å². The lowest BCUT2D eigenvalue weighted by atomic mass is 10.1. The molecule has 24 heavy (non-hydrogen) atoms. The van der Waals surface area contributed by atoms with Crippen LogP contribution in [0.5, 0.6) is 0 Å². The van der Waals surface area contributed by atoms with E-state index in [0.29, 0.717) is 21.4 Å². The molecule has 1 atom stereocenters. The van der Waals surface area contributed by atoms with Crippen molar-refractivity contribution in [2.45, 2.75) is 38.1 Å². The van der Waals surface area contributed by atoms with Gasteiger partial charge in [-0.05, 0) is 38.5 Å². The van der Waals surface area contributed by atoms with E-state index >= 15 is 0 Å². The number of carbonyl (C=O) groups excluding carboxylic acids is 1. The van der Waals surface area contributed by atoms with Gasteiger partial charge in [-0.3, -0.25) is 4.79 Å². The number of amides is 1. The Morgan fingerprint density at radius 1 is 1.33 bits per heavy atom. The second-order valence-corrected chi connectivity index (χ2v) is 10.4. The zero-order valence-corrected chi connectivity index (χ0v) is 16.8. The molecule has 1 fully saturated rings. The number of nitrogens with zero attached hydrogens (tertiary/aromatic N) is 1. The summed E-state index contributed by atoms with van der Waals surface area (Å²) in [4.78, 5) is 12.4. The topological polar surface area (TPSA) is 66.5 Å². The van der Waals surface area contributed by atoms with E-state index in [0.717, 1.165) is 0 Å². The Morgan fingerprint density at radius 3 is 2.58 bits per heavy atom. The first-order valence-corrected chi connectivity index (χ1v) is 10.8. The van der Waals surface area contributed by atoms with Crippen molar-refractivity contribution in [3.63, 3.8) is 0 Å². The smallest absolute Gasteiger partial charge is 0.239 e. The molecule has 0 aliphatic carbocycles. The second-order valence-electron chi connectivity index (χ2n) is 6.65. The molecule has 0 aromatic heterocycles. The van der Waals surface area contributed by atoms with E-state index in [-0.39, 0.29) is 17.5 Å². The molecule has 1 unspecified atom stereocenters.